The molecule has 1 saturated heterocycles. The SMILES string of the molecule is N#Cc1c(-c2ccccc2)nc(SCC(=O)Nc2ccccc2)nc1N1CCC(Oc2nonc2S(=O)(=O)c2ccccc2)CC1. The van der Waals surface area contributed by atoms with Crippen LogP contribution in [0.1, 0.15) is 18.4 Å². The number of sulfone groups is 1. The van der Waals surface area contributed by atoms with Crippen molar-refractivity contribution >= 4 is 39.0 Å². The lowest BCUT2D eigenvalue weighted by Gasteiger charge is -2.33. The second-order valence-corrected chi connectivity index (χ2v) is 13.0. The minimum Gasteiger partial charge on any atom is -0.470 e. The van der Waals surface area contributed by atoms with Gasteiger partial charge in [0, 0.05) is 37.2 Å². The number of ether oxygens (including phenoxy) is 1. The highest BCUT2D eigenvalue weighted by atomic mass is 32.2. The fraction of sp³-hybridized carbons (Fsp3) is 0.188. The maximum Gasteiger partial charge on any atom is 0.295 e. The third-order valence-electron chi connectivity index (χ3n) is 7.18. The smallest absolute Gasteiger partial charge is 0.295 e. The number of hydrogen-bond donors (Lipinski definition) is 1. The standard InChI is InChI=1S/C32H27N7O5S2/c33-20-26-28(22-10-4-1-5-11-22)35-32(45-21-27(40)34-23-12-6-2-7-13-23)36-29(26)39-18-16-24(17-19-39)43-30-31(38-44-37-30)46(41,42)25-14-8-3-9-15-25/h1-15,24H,16-19,21H2,(H,34,40). The summed E-state index contributed by atoms with van der Waals surface area (Å²) in [6.45, 7) is 0.907. The molecule has 1 fully saturated rings. The number of benzene rings is 3. The summed E-state index contributed by atoms with van der Waals surface area (Å²) in [4.78, 5) is 24.1. The van der Waals surface area contributed by atoms with Crippen molar-refractivity contribution in [3.63, 3.8) is 0 Å². The number of para-hydroxylation sites is 1. The zero-order valence-corrected chi connectivity index (χ0v) is 25.9. The zero-order valence-electron chi connectivity index (χ0n) is 24.3. The molecular formula is C32H27N7O5S2. The minimum absolute atomic E-state index is 0.0543. The summed E-state index contributed by atoms with van der Waals surface area (Å²) in [5, 5.41) is 20.4. The van der Waals surface area contributed by atoms with Crippen molar-refractivity contribution in [2.75, 3.05) is 29.1 Å². The fourth-order valence-corrected chi connectivity index (χ4v) is 6.77. The highest BCUT2D eigenvalue weighted by Gasteiger charge is 2.32. The van der Waals surface area contributed by atoms with Gasteiger partial charge in [-0.25, -0.2) is 23.0 Å². The molecule has 1 aliphatic rings. The summed E-state index contributed by atoms with van der Waals surface area (Å²) < 4.78 is 37.0. The van der Waals surface area contributed by atoms with E-state index >= 15 is 0 Å². The second-order valence-electron chi connectivity index (χ2n) is 10.2. The average molecular weight is 654 g/mol. The molecule has 14 heteroatoms. The average Bonchev–Trinajstić information content (AvgIpc) is 3.57. The molecule has 0 spiro atoms. The van der Waals surface area contributed by atoms with E-state index in [-0.39, 0.29) is 33.6 Å². The summed E-state index contributed by atoms with van der Waals surface area (Å²) in [6.07, 6.45) is 0.578. The van der Waals surface area contributed by atoms with Crippen molar-refractivity contribution in [1.29, 1.82) is 5.26 Å². The van der Waals surface area contributed by atoms with E-state index in [1.807, 2.05) is 65.6 Å². The van der Waals surface area contributed by atoms with Gasteiger partial charge in [-0.15, -0.1) is 0 Å². The number of carbonyl (C=O) groups excluding carboxylic acids is 1. The summed E-state index contributed by atoms with van der Waals surface area (Å²) >= 11 is 1.18. The van der Waals surface area contributed by atoms with Gasteiger partial charge in [-0.2, -0.15) is 5.26 Å². The Balaban J connectivity index is 1.20. The topological polar surface area (TPSA) is 164 Å². The van der Waals surface area contributed by atoms with Crippen LogP contribution in [-0.4, -0.2) is 59.6 Å². The molecule has 0 aliphatic carbocycles. The first-order chi connectivity index (χ1) is 22.4. The maximum atomic E-state index is 13.1. The largest absolute Gasteiger partial charge is 0.470 e. The Labute approximate surface area is 269 Å². The van der Waals surface area contributed by atoms with Crippen LogP contribution in [0.15, 0.2) is 111 Å². The Morgan fingerprint density at radius 3 is 2.28 bits per heavy atom. The first-order valence-corrected chi connectivity index (χ1v) is 16.8. The third-order valence-corrected chi connectivity index (χ3v) is 9.67. The van der Waals surface area contributed by atoms with Gasteiger partial charge in [0.05, 0.1) is 16.3 Å². The number of nitriles is 1. The van der Waals surface area contributed by atoms with Gasteiger partial charge >= 0.3 is 0 Å². The second kappa shape index (κ2) is 13.8. The van der Waals surface area contributed by atoms with E-state index in [0.29, 0.717) is 53.9 Å². The fourth-order valence-electron chi connectivity index (χ4n) is 4.94. The number of hydrogen-bond acceptors (Lipinski definition) is 12. The Kier molecular flexibility index (Phi) is 9.23. The first kappa shape index (κ1) is 30.8. The van der Waals surface area contributed by atoms with E-state index in [4.69, 9.17) is 14.3 Å². The molecule has 0 saturated carbocycles. The molecule has 232 valence electrons. The lowest BCUT2D eigenvalue weighted by Crippen LogP contribution is -2.39. The Bertz CT molecular complexity index is 1960. The Morgan fingerprint density at radius 1 is 0.957 bits per heavy atom. The molecule has 12 nitrogen and oxygen atoms in total. The van der Waals surface area contributed by atoms with Gasteiger partial charge in [-0.05, 0) is 34.6 Å². The van der Waals surface area contributed by atoms with Crippen LogP contribution in [0.4, 0.5) is 11.5 Å². The number of nitrogens with one attached hydrogen (secondary N) is 1. The quantitative estimate of drug-likeness (QED) is 0.159. The van der Waals surface area contributed by atoms with E-state index < -0.39 is 9.84 Å². The van der Waals surface area contributed by atoms with Gasteiger partial charge in [-0.1, -0.05) is 78.5 Å². The van der Waals surface area contributed by atoms with Crippen molar-refractivity contribution in [3.05, 3.63) is 96.6 Å². The van der Waals surface area contributed by atoms with E-state index in [9.17, 15) is 18.5 Å². The highest BCUT2D eigenvalue weighted by molar-refractivity contribution is 7.99. The van der Waals surface area contributed by atoms with Gasteiger partial charge in [0.25, 0.3) is 10.9 Å². The van der Waals surface area contributed by atoms with E-state index in [2.05, 4.69) is 26.7 Å². The van der Waals surface area contributed by atoms with E-state index in [1.165, 1.54) is 23.9 Å². The summed E-state index contributed by atoms with van der Waals surface area (Å²) in [5.41, 5.74) is 2.24. The maximum absolute atomic E-state index is 13.1. The summed E-state index contributed by atoms with van der Waals surface area (Å²) in [6, 6.07) is 28.7. The lowest BCUT2D eigenvalue weighted by atomic mass is 10.0. The van der Waals surface area contributed by atoms with Gasteiger partial charge < -0.3 is 15.0 Å². The van der Waals surface area contributed by atoms with Crippen molar-refractivity contribution in [1.82, 2.24) is 20.3 Å². The van der Waals surface area contributed by atoms with Crippen LogP contribution >= 0.6 is 11.8 Å². The molecule has 6 rings (SSSR count). The molecule has 1 aliphatic heterocycles. The molecule has 0 radical (unpaired) electrons. The van der Waals surface area contributed by atoms with Gasteiger partial charge in [-0.3, -0.25) is 4.79 Å². The van der Waals surface area contributed by atoms with Gasteiger partial charge in [0.2, 0.25) is 15.7 Å². The van der Waals surface area contributed by atoms with Crippen LogP contribution in [0.3, 0.4) is 0 Å². The van der Waals surface area contributed by atoms with Crippen LogP contribution in [0, 0.1) is 11.3 Å². The Hall–Kier alpha value is -5.26. The number of aromatic nitrogens is 4. The number of piperidine rings is 1. The van der Waals surface area contributed by atoms with Gasteiger partial charge in [0.15, 0.2) is 11.0 Å². The monoisotopic (exact) mass is 653 g/mol. The number of rotatable bonds is 10. The van der Waals surface area contributed by atoms with E-state index in [0.717, 1.165) is 5.56 Å². The molecule has 0 unspecified atom stereocenters. The summed E-state index contributed by atoms with van der Waals surface area (Å²) in [7, 11) is -3.99. The predicted octanol–water partition coefficient (Wildman–Crippen LogP) is 5.01. The number of nitrogens with zero attached hydrogens (tertiary/aromatic N) is 6. The van der Waals surface area contributed by atoms with Crippen LogP contribution in [-0.2, 0) is 14.6 Å². The van der Waals surface area contributed by atoms with Gasteiger partial charge in [0.1, 0.15) is 17.7 Å². The molecule has 46 heavy (non-hydrogen) atoms. The number of carbonyl (C=O) groups is 1. The molecule has 0 atom stereocenters. The molecule has 3 aromatic carbocycles. The van der Waals surface area contributed by atoms with Crippen LogP contribution in [0.25, 0.3) is 11.3 Å². The van der Waals surface area contributed by atoms with Crippen molar-refractivity contribution in [2.45, 2.75) is 34.0 Å². The molecule has 5 aromatic rings. The van der Waals surface area contributed by atoms with Crippen LogP contribution in [0.5, 0.6) is 5.88 Å². The van der Waals surface area contributed by atoms with Crippen LogP contribution in [0.2, 0.25) is 0 Å². The van der Waals surface area contributed by atoms with Crippen molar-refractivity contribution < 1.29 is 22.6 Å². The van der Waals surface area contributed by atoms with Crippen LogP contribution < -0.4 is 15.0 Å². The highest BCUT2D eigenvalue weighted by Crippen LogP contribution is 2.33. The molecular weight excluding hydrogens is 627 g/mol. The lowest BCUT2D eigenvalue weighted by molar-refractivity contribution is -0.113. The number of thioether (sulfide) groups is 1. The molecule has 2 aromatic heterocycles. The predicted molar refractivity (Wildman–Crippen MR) is 170 cm³/mol. The van der Waals surface area contributed by atoms with Crippen molar-refractivity contribution in [3.8, 4) is 23.2 Å². The molecule has 0 bridgehead atoms. The molecule has 1 N–H and O–H groups in total. The zero-order chi connectivity index (χ0) is 31.9. The minimum atomic E-state index is -3.99. The number of amides is 1. The van der Waals surface area contributed by atoms with Crippen molar-refractivity contribution in [2.24, 2.45) is 0 Å². The molecule has 3 heterocycles. The Morgan fingerprint density at radius 2 is 1.61 bits per heavy atom. The summed E-state index contributed by atoms with van der Waals surface area (Å²) in [5.74, 6) is 0.127. The molecule has 1 amide bonds. The van der Waals surface area contributed by atoms with E-state index in [1.54, 1.807) is 18.2 Å². The normalized spacial score (nSPS) is 13.6. The third kappa shape index (κ3) is 6.85. The first-order valence-electron chi connectivity index (χ1n) is 14.3. The number of anilines is 2.